The minimum atomic E-state index is -0.869. The van der Waals surface area contributed by atoms with Gasteiger partial charge >= 0.3 is 0 Å². The second-order valence-electron chi connectivity index (χ2n) is 5.62. The number of benzene rings is 1. The first kappa shape index (κ1) is 16.8. The van der Waals surface area contributed by atoms with Gasteiger partial charge in [-0.05, 0) is 25.3 Å². The Balaban J connectivity index is 2.80. The van der Waals surface area contributed by atoms with Gasteiger partial charge in [-0.25, -0.2) is 0 Å². The van der Waals surface area contributed by atoms with Crippen LogP contribution >= 0.6 is 0 Å². The van der Waals surface area contributed by atoms with E-state index in [1.807, 2.05) is 32.0 Å². The molecule has 1 aromatic carbocycles. The summed E-state index contributed by atoms with van der Waals surface area (Å²) in [6, 6.07) is 5.64. The third-order valence-corrected chi connectivity index (χ3v) is 3.50. The average Bonchev–Trinajstić information content (AvgIpc) is 2.42. The van der Waals surface area contributed by atoms with Gasteiger partial charge in [-0.15, -0.1) is 0 Å². The summed E-state index contributed by atoms with van der Waals surface area (Å²) in [5, 5.41) is 10.2. The molecule has 114 valence electrons. The molecule has 0 aliphatic heterocycles. The summed E-state index contributed by atoms with van der Waals surface area (Å²) in [7, 11) is 0. The van der Waals surface area contributed by atoms with Crippen molar-refractivity contribution in [2.75, 3.05) is 13.2 Å². The van der Waals surface area contributed by atoms with Crippen molar-refractivity contribution in [3.05, 3.63) is 23.8 Å². The van der Waals surface area contributed by atoms with Crippen LogP contribution in [0.5, 0.6) is 11.5 Å². The molecule has 0 spiro atoms. The fourth-order valence-corrected chi connectivity index (χ4v) is 1.54. The van der Waals surface area contributed by atoms with Crippen molar-refractivity contribution in [2.45, 2.75) is 46.3 Å². The molecule has 0 aliphatic rings. The summed E-state index contributed by atoms with van der Waals surface area (Å²) in [6.45, 7) is 9.07. The van der Waals surface area contributed by atoms with Crippen LogP contribution in [0.1, 0.15) is 39.7 Å². The highest BCUT2D eigenvalue weighted by Crippen LogP contribution is 2.27. The number of ether oxygens (including phenoxy) is 2. The zero-order chi connectivity index (χ0) is 15.2. The number of hydrogen-bond donors (Lipinski definition) is 2. The summed E-state index contributed by atoms with van der Waals surface area (Å²) >= 11 is 0. The maximum atomic E-state index is 10.2. The third kappa shape index (κ3) is 4.69. The lowest BCUT2D eigenvalue weighted by Crippen LogP contribution is -2.38. The minimum Gasteiger partial charge on any atom is -0.493 e. The Kier molecular flexibility index (Phi) is 6.30. The molecule has 0 heterocycles. The second-order valence-corrected chi connectivity index (χ2v) is 5.62. The molecule has 1 atom stereocenters. The Morgan fingerprint density at radius 1 is 1.30 bits per heavy atom. The van der Waals surface area contributed by atoms with Gasteiger partial charge in [0.15, 0.2) is 0 Å². The Hall–Kier alpha value is -1.26. The van der Waals surface area contributed by atoms with Gasteiger partial charge < -0.3 is 20.3 Å². The molecule has 0 aromatic heterocycles. The summed E-state index contributed by atoms with van der Waals surface area (Å²) < 4.78 is 11.4. The predicted octanol–water partition coefficient (Wildman–Crippen LogP) is 2.72. The van der Waals surface area contributed by atoms with Crippen molar-refractivity contribution in [1.82, 2.24) is 0 Å². The van der Waals surface area contributed by atoms with Gasteiger partial charge in [0.25, 0.3) is 0 Å². The molecule has 0 fully saturated rings. The van der Waals surface area contributed by atoms with Crippen LogP contribution in [0, 0.1) is 5.92 Å². The highest BCUT2D eigenvalue weighted by atomic mass is 16.5. The molecule has 4 heteroatoms. The zero-order valence-corrected chi connectivity index (χ0v) is 13.0. The molecule has 0 saturated carbocycles. The van der Waals surface area contributed by atoms with Crippen molar-refractivity contribution >= 4 is 0 Å². The molecule has 1 rings (SSSR count). The predicted molar refractivity (Wildman–Crippen MR) is 81.1 cm³/mol. The van der Waals surface area contributed by atoms with E-state index in [-0.39, 0.29) is 12.5 Å². The molecule has 0 bridgehead atoms. The molecule has 0 saturated heterocycles. The van der Waals surface area contributed by atoms with Crippen LogP contribution in [0.15, 0.2) is 18.2 Å². The zero-order valence-electron chi connectivity index (χ0n) is 13.0. The molecular formula is C16H27NO3. The Labute approximate surface area is 121 Å². The van der Waals surface area contributed by atoms with Crippen LogP contribution in [0.2, 0.25) is 0 Å². The Bertz CT molecular complexity index is 416. The molecule has 3 N–H and O–H groups in total. The van der Waals surface area contributed by atoms with E-state index in [0.717, 1.165) is 17.7 Å². The number of nitrogens with two attached hydrogens (primary N) is 1. The van der Waals surface area contributed by atoms with Crippen molar-refractivity contribution < 1.29 is 14.6 Å². The quantitative estimate of drug-likeness (QED) is 0.769. The first-order valence-electron chi connectivity index (χ1n) is 7.21. The van der Waals surface area contributed by atoms with Crippen LogP contribution in [-0.4, -0.2) is 23.9 Å². The standard InChI is InChI=1S/C16H27NO3/c1-5-8-19-14-7-6-13(10-17)15(9-14)20-11-16(4,18)12(2)3/h6-7,9,12,18H,5,8,10-11,17H2,1-4H3. The molecule has 0 radical (unpaired) electrons. The maximum Gasteiger partial charge on any atom is 0.127 e. The average molecular weight is 281 g/mol. The Morgan fingerprint density at radius 2 is 2.00 bits per heavy atom. The van der Waals surface area contributed by atoms with E-state index < -0.39 is 5.60 Å². The van der Waals surface area contributed by atoms with Crippen LogP contribution in [0.3, 0.4) is 0 Å². The largest absolute Gasteiger partial charge is 0.493 e. The van der Waals surface area contributed by atoms with E-state index in [1.54, 1.807) is 6.92 Å². The molecule has 1 aromatic rings. The van der Waals surface area contributed by atoms with E-state index in [4.69, 9.17) is 15.2 Å². The number of aliphatic hydroxyl groups is 1. The van der Waals surface area contributed by atoms with E-state index in [2.05, 4.69) is 6.92 Å². The normalized spacial score (nSPS) is 14.2. The van der Waals surface area contributed by atoms with Gasteiger partial charge in [-0.3, -0.25) is 0 Å². The van der Waals surface area contributed by atoms with E-state index >= 15 is 0 Å². The topological polar surface area (TPSA) is 64.7 Å². The summed E-state index contributed by atoms with van der Waals surface area (Å²) in [6.07, 6.45) is 0.955. The lowest BCUT2D eigenvalue weighted by Gasteiger charge is -2.28. The van der Waals surface area contributed by atoms with Crippen molar-refractivity contribution in [2.24, 2.45) is 11.7 Å². The minimum absolute atomic E-state index is 0.114. The lowest BCUT2D eigenvalue weighted by atomic mass is 9.94. The van der Waals surface area contributed by atoms with Crippen LogP contribution in [0.4, 0.5) is 0 Å². The van der Waals surface area contributed by atoms with E-state index in [9.17, 15) is 5.11 Å². The van der Waals surface area contributed by atoms with Crippen molar-refractivity contribution in [1.29, 1.82) is 0 Å². The summed E-state index contributed by atoms with van der Waals surface area (Å²) in [5.41, 5.74) is 5.76. The SMILES string of the molecule is CCCOc1ccc(CN)c(OCC(C)(O)C(C)C)c1. The highest BCUT2D eigenvalue weighted by Gasteiger charge is 2.26. The monoisotopic (exact) mass is 281 g/mol. The molecule has 1 unspecified atom stereocenters. The summed E-state index contributed by atoms with van der Waals surface area (Å²) in [4.78, 5) is 0. The number of rotatable bonds is 8. The highest BCUT2D eigenvalue weighted by molar-refractivity contribution is 5.40. The fraction of sp³-hybridized carbons (Fsp3) is 0.625. The first-order chi connectivity index (χ1) is 9.40. The smallest absolute Gasteiger partial charge is 0.127 e. The molecule has 20 heavy (non-hydrogen) atoms. The van der Waals surface area contributed by atoms with E-state index in [0.29, 0.717) is 18.9 Å². The molecule has 0 amide bonds. The van der Waals surface area contributed by atoms with Gasteiger partial charge in [0, 0.05) is 18.2 Å². The van der Waals surface area contributed by atoms with Crippen molar-refractivity contribution in [3.8, 4) is 11.5 Å². The van der Waals surface area contributed by atoms with Gasteiger partial charge in [0.2, 0.25) is 0 Å². The van der Waals surface area contributed by atoms with E-state index in [1.165, 1.54) is 0 Å². The Morgan fingerprint density at radius 3 is 2.55 bits per heavy atom. The van der Waals surface area contributed by atoms with Gasteiger partial charge in [0.1, 0.15) is 18.1 Å². The number of hydrogen-bond acceptors (Lipinski definition) is 4. The van der Waals surface area contributed by atoms with Crippen molar-refractivity contribution in [3.63, 3.8) is 0 Å². The maximum absolute atomic E-state index is 10.2. The van der Waals surface area contributed by atoms with Gasteiger partial charge in [-0.1, -0.05) is 26.8 Å². The fourth-order valence-electron chi connectivity index (χ4n) is 1.54. The van der Waals surface area contributed by atoms with Crippen LogP contribution < -0.4 is 15.2 Å². The molecular weight excluding hydrogens is 254 g/mol. The van der Waals surface area contributed by atoms with Gasteiger partial charge in [-0.2, -0.15) is 0 Å². The third-order valence-electron chi connectivity index (χ3n) is 3.50. The van der Waals surface area contributed by atoms with Crippen LogP contribution in [0.25, 0.3) is 0 Å². The first-order valence-corrected chi connectivity index (χ1v) is 7.21. The molecule has 4 nitrogen and oxygen atoms in total. The lowest BCUT2D eigenvalue weighted by molar-refractivity contribution is -0.0269. The summed E-state index contributed by atoms with van der Waals surface area (Å²) in [5.74, 6) is 1.56. The second kappa shape index (κ2) is 7.50. The molecule has 0 aliphatic carbocycles. The van der Waals surface area contributed by atoms with Crippen LogP contribution in [-0.2, 0) is 6.54 Å². The van der Waals surface area contributed by atoms with Gasteiger partial charge in [0.05, 0.1) is 12.2 Å².